The Labute approximate surface area is 122 Å². The zero-order valence-corrected chi connectivity index (χ0v) is 11.8. The van der Waals surface area contributed by atoms with Crippen LogP contribution in [0.4, 0.5) is 5.69 Å². The highest BCUT2D eigenvalue weighted by Crippen LogP contribution is 2.31. The summed E-state index contributed by atoms with van der Waals surface area (Å²) < 4.78 is 0. The van der Waals surface area contributed by atoms with E-state index in [2.05, 4.69) is 10.4 Å². The lowest BCUT2D eigenvalue weighted by atomic mass is 10.1. The molecule has 0 amide bonds. The molecule has 2 aromatic carbocycles. The van der Waals surface area contributed by atoms with Gasteiger partial charge in [-0.15, -0.1) is 0 Å². The number of hydrogen-bond acceptors (Lipinski definition) is 3. The lowest BCUT2D eigenvalue weighted by Crippen LogP contribution is -2.08. The van der Waals surface area contributed by atoms with Crippen molar-refractivity contribution in [2.45, 2.75) is 6.92 Å². The number of fused-ring (bicyclic) bond motifs is 1. The third-order valence-electron chi connectivity index (χ3n) is 3.31. The van der Waals surface area contributed by atoms with Crippen molar-refractivity contribution in [3.8, 4) is 11.3 Å². The molecule has 0 radical (unpaired) electrons. The van der Waals surface area contributed by atoms with E-state index in [4.69, 9.17) is 17.4 Å². The van der Waals surface area contributed by atoms with Crippen LogP contribution in [0.25, 0.3) is 22.2 Å². The van der Waals surface area contributed by atoms with Gasteiger partial charge in [0.15, 0.2) is 0 Å². The molecule has 0 bridgehead atoms. The normalized spacial score (nSPS) is 10.8. The van der Waals surface area contributed by atoms with Gasteiger partial charge in [-0.3, -0.25) is 5.84 Å². The van der Waals surface area contributed by atoms with Gasteiger partial charge in [-0.1, -0.05) is 41.9 Å². The first-order chi connectivity index (χ1) is 9.69. The molecule has 0 atom stereocenters. The second-order valence-electron chi connectivity index (χ2n) is 4.68. The quantitative estimate of drug-likeness (QED) is 0.549. The highest BCUT2D eigenvalue weighted by molar-refractivity contribution is 6.32. The summed E-state index contributed by atoms with van der Waals surface area (Å²) in [6.07, 6.45) is 0. The van der Waals surface area contributed by atoms with Gasteiger partial charge in [-0.25, -0.2) is 4.98 Å². The molecule has 3 aromatic rings. The number of rotatable bonds is 2. The van der Waals surface area contributed by atoms with Gasteiger partial charge in [0.05, 0.1) is 16.9 Å². The number of nitrogens with two attached hydrogens (primary N) is 1. The number of pyridine rings is 1. The van der Waals surface area contributed by atoms with Crippen LogP contribution in [0.5, 0.6) is 0 Å². The summed E-state index contributed by atoms with van der Waals surface area (Å²) in [6, 6.07) is 15.8. The molecule has 0 saturated carbocycles. The maximum Gasteiger partial charge on any atom is 0.0745 e. The Kier molecular flexibility index (Phi) is 3.30. The molecule has 0 aliphatic heterocycles. The van der Waals surface area contributed by atoms with Crippen molar-refractivity contribution >= 4 is 28.2 Å². The molecule has 3 N–H and O–H groups in total. The Balaban J connectivity index is 2.29. The van der Waals surface area contributed by atoms with E-state index in [0.29, 0.717) is 5.02 Å². The van der Waals surface area contributed by atoms with E-state index in [1.807, 2.05) is 55.5 Å². The summed E-state index contributed by atoms with van der Waals surface area (Å²) >= 11 is 6.19. The van der Waals surface area contributed by atoms with Crippen molar-refractivity contribution in [1.29, 1.82) is 0 Å². The van der Waals surface area contributed by atoms with E-state index in [0.717, 1.165) is 33.4 Å². The van der Waals surface area contributed by atoms with Crippen LogP contribution in [-0.2, 0) is 0 Å². The fourth-order valence-electron chi connectivity index (χ4n) is 2.23. The summed E-state index contributed by atoms with van der Waals surface area (Å²) in [5, 5.41) is 1.67. The molecular formula is C16H14ClN3. The van der Waals surface area contributed by atoms with Crippen LogP contribution < -0.4 is 11.3 Å². The minimum atomic E-state index is 0.707. The van der Waals surface area contributed by atoms with Gasteiger partial charge in [0.2, 0.25) is 0 Å². The van der Waals surface area contributed by atoms with Gasteiger partial charge < -0.3 is 5.43 Å². The standard InChI is InChI=1S/C16H14ClN3/c1-10-7-12-15(8-13(10)17)19-14(9-16(12)20-18)11-5-3-2-4-6-11/h2-9H,18H2,1H3,(H,19,20). The van der Waals surface area contributed by atoms with E-state index in [9.17, 15) is 0 Å². The molecule has 3 nitrogen and oxygen atoms in total. The molecule has 3 rings (SSSR count). The summed E-state index contributed by atoms with van der Waals surface area (Å²) in [5.74, 6) is 5.64. The molecule has 0 unspecified atom stereocenters. The first-order valence-corrected chi connectivity index (χ1v) is 6.70. The molecule has 1 aromatic heterocycles. The first kappa shape index (κ1) is 12.9. The second-order valence-corrected chi connectivity index (χ2v) is 5.09. The number of hydrazine groups is 1. The molecule has 0 aliphatic carbocycles. The Hall–Kier alpha value is -2.10. The molecule has 0 spiro atoms. The number of benzene rings is 2. The molecule has 20 heavy (non-hydrogen) atoms. The number of nitrogen functional groups attached to an aromatic ring is 1. The van der Waals surface area contributed by atoms with Gasteiger partial charge in [0, 0.05) is 16.0 Å². The summed E-state index contributed by atoms with van der Waals surface area (Å²) in [4.78, 5) is 4.68. The number of hydrogen-bond donors (Lipinski definition) is 2. The molecule has 1 heterocycles. The Bertz CT molecular complexity index is 770. The van der Waals surface area contributed by atoms with Crippen molar-refractivity contribution in [2.75, 3.05) is 5.43 Å². The van der Waals surface area contributed by atoms with Crippen LogP contribution in [0.3, 0.4) is 0 Å². The van der Waals surface area contributed by atoms with E-state index in [1.165, 1.54) is 0 Å². The largest absolute Gasteiger partial charge is 0.323 e. The minimum Gasteiger partial charge on any atom is -0.323 e. The highest BCUT2D eigenvalue weighted by Gasteiger charge is 2.09. The molecule has 100 valence electrons. The number of halogens is 1. The topological polar surface area (TPSA) is 50.9 Å². The number of nitrogens with one attached hydrogen (secondary N) is 1. The molecule has 0 saturated heterocycles. The lowest BCUT2D eigenvalue weighted by molar-refractivity contribution is 1.33. The van der Waals surface area contributed by atoms with Crippen LogP contribution >= 0.6 is 11.6 Å². The molecule has 0 fully saturated rings. The van der Waals surface area contributed by atoms with Crippen molar-refractivity contribution in [3.63, 3.8) is 0 Å². The lowest BCUT2D eigenvalue weighted by Gasteiger charge is -2.11. The van der Waals surface area contributed by atoms with Crippen LogP contribution in [0.15, 0.2) is 48.5 Å². The predicted molar refractivity (Wildman–Crippen MR) is 84.7 cm³/mol. The zero-order chi connectivity index (χ0) is 14.1. The van der Waals surface area contributed by atoms with Crippen LogP contribution in [0, 0.1) is 6.92 Å². The van der Waals surface area contributed by atoms with Crippen molar-refractivity contribution in [3.05, 3.63) is 59.1 Å². The monoisotopic (exact) mass is 283 g/mol. The molecule has 0 aliphatic rings. The van der Waals surface area contributed by atoms with Gasteiger partial charge in [-0.05, 0) is 30.7 Å². The zero-order valence-electron chi connectivity index (χ0n) is 11.0. The number of nitrogens with zero attached hydrogens (tertiary/aromatic N) is 1. The maximum absolute atomic E-state index is 6.19. The third kappa shape index (κ3) is 2.22. The van der Waals surface area contributed by atoms with Gasteiger partial charge in [0.25, 0.3) is 0 Å². The number of aromatic nitrogens is 1. The smallest absolute Gasteiger partial charge is 0.0745 e. The number of anilines is 1. The van der Waals surface area contributed by atoms with Crippen LogP contribution in [0.2, 0.25) is 5.02 Å². The SMILES string of the molecule is Cc1cc2c(NN)cc(-c3ccccc3)nc2cc1Cl. The Morgan fingerprint density at radius 3 is 2.55 bits per heavy atom. The summed E-state index contributed by atoms with van der Waals surface area (Å²) in [5.41, 5.74) is 7.33. The van der Waals surface area contributed by atoms with E-state index < -0.39 is 0 Å². The average molecular weight is 284 g/mol. The van der Waals surface area contributed by atoms with Crippen LogP contribution in [-0.4, -0.2) is 4.98 Å². The highest BCUT2D eigenvalue weighted by atomic mass is 35.5. The fourth-order valence-corrected chi connectivity index (χ4v) is 2.39. The van der Waals surface area contributed by atoms with Crippen molar-refractivity contribution < 1.29 is 0 Å². The molecule has 4 heteroatoms. The number of aryl methyl sites for hydroxylation is 1. The third-order valence-corrected chi connectivity index (χ3v) is 3.72. The predicted octanol–water partition coefficient (Wildman–Crippen LogP) is 4.15. The van der Waals surface area contributed by atoms with Gasteiger partial charge in [0.1, 0.15) is 0 Å². The van der Waals surface area contributed by atoms with E-state index >= 15 is 0 Å². The van der Waals surface area contributed by atoms with Crippen molar-refractivity contribution in [2.24, 2.45) is 5.84 Å². The minimum absolute atomic E-state index is 0.707. The summed E-state index contributed by atoms with van der Waals surface area (Å²) in [7, 11) is 0. The van der Waals surface area contributed by atoms with E-state index in [1.54, 1.807) is 0 Å². The second kappa shape index (κ2) is 5.12. The average Bonchev–Trinajstić information content (AvgIpc) is 2.48. The fraction of sp³-hybridized carbons (Fsp3) is 0.0625. The van der Waals surface area contributed by atoms with Gasteiger partial charge in [-0.2, -0.15) is 0 Å². The summed E-state index contributed by atoms with van der Waals surface area (Å²) in [6.45, 7) is 1.97. The van der Waals surface area contributed by atoms with E-state index in [-0.39, 0.29) is 0 Å². The maximum atomic E-state index is 6.19. The Morgan fingerprint density at radius 2 is 1.85 bits per heavy atom. The van der Waals surface area contributed by atoms with Crippen molar-refractivity contribution in [1.82, 2.24) is 4.98 Å². The van der Waals surface area contributed by atoms with Crippen LogP contribution in [0.1, 0.15) is 5.56 Å². The Morgan fingerprint density at radius 1 is 1.10 bits per heavy atom. The molecular weight excluding hydrogens is 270 g/mol. The first-order valence-electron chi connectivity index (χ1n) is 6.32. The van der Waals surface area contributed by atoms with Gasteiger partial charge >= 0.3 is 0 Å².